The van der Waals surface area contributed by atoms with Crippen LogP contribution in [0, 0.1) is 5.92 Å². The zero-order valence-corrected chi connectivity index (χ0v) is 18.7. The highest BCUT2D eigenvalue weighted by Gasteiger charge is 2.09. The van der Waals surface area contributed by atoms with Crippen molar-refractivity contribution in [3.05, 3.63) is 0 Å². The summed E-state index contributed by atoms with van der Waals surface area (Å²) in [5.41, 5.74) is 0. The number of aliphatic hydroxyl groups excluding tert-OH is 1. The van der Waals surface area contributed by atoms with E-state index in [-0.39, 0.29) is 6.61 Å². The number of hydrogen-bond acceptors (Lipinski definition) is 3. The lowest BCUT2D eigenvalue weighted by atomic mass is 9.94. The highest BCUT2D eigenvalue weighted by molar-refractivity contribution is 4.61. The fourth-order valence-corrected chi connectivity index (χ4v) is 3.63. The molecule has 0 aromatic heterocycles. The molecule has 0 heterocycles. The van der Waals surface area contributed by atoms with Crippen LogP contribution in [0.15, 0.2) is 0 Å². The van der Waals surface area contributed by atoms with Crippen LogP contribution in [0.25, 0.3) is 0 Å². The van der Waals surface area contributed by atoms with Gasteiger partial charge in [0.1, 0.15) is 0 Å². The third-order valence-electron chi connectivity index (χ3n) is 5.39. The zero-order chi connectivity index (χ0) is 19.8. The topological polar surface area (TPSA) is 38.7 Å². The number of ether oxygens (including phenoxy) is 2. The molecule has 0 aliphatic carbocycles. The smallest absolute Gasteiger partial charge is 0.0701 e. The molecule has 0 saturated carbocycles. The molecule has 1 N–H and O–H groups in total. The molecule has 164 valence electrons. The minimum Gasteiger partial charge on any atom is -0.394 e. The molecule has 3 heteroatoms. The van der Waals surface area contributed by atoms with Crippen LogP contribution < -0.4 is 0 Å². The Morgan fingerprint density at radius 1 is 0.556 bits per heavy atom. The van der Waals surface area contributed by atoms with Gasteiger partial charge in [0.25, 0.3) is 0 Å². The van der Waals surface area contributed by atoms with Crippen LogP contribution in [0.3, 0.4) is 0 Å². The molecule has 0 radical (unpaired) electrons. The molecule has 27 heavy (non-hydrogen) atoms. The van der Waals surface area contributed by atoms with Gasteiger partial charge in [-0.25, -0.2) is 0 Å². The fraction of sp³-hybridized carbons (Fsp3) is 1.00. The van der Waals surface area contributed by atoms with Gasteiger partial charge in [-0.3, -0.25) is 0 Å². The summed E-state index contributed by atoms with van der Waals surface area (Å²) >= 11 is 0. The van der Waals surface area contributed by atoms with Crippen LogP contribution in [0.4, 0.5) is 0 Å². The van der Waals surface area contributed by atoms with E-state index in [9.17, 15) is 0 Å². The normalized spacial score (nSPS) is 12.6. The Morgan fingerprint density at radius 2 is 1.00 bits per heavy atom. The highest BCUT2D eigenvalue weighted by Crippen LogP contribution is 2.20. The van der Waals surface area contributed by atoms with Gasteiger partial charge in [0, 0.05) is 6.61 Å². The molecule has 0 saturated heterocycles. The first-order chi connectivity index (χ1) is 13.3. The van der Waals surface area contributed by atoms with E-state index in [0.29, 0.717) is 25.7 Å². The SMILES string of the molecule is CCCCCCCCCC[C@@H](CCCCCCCC)COCCOCCO. The van der Waals surface area contributed by atoms with Gasteiger partial charge < -0.3 is 14.6 Å². The summed E-state index contributed by atoms with van der Waals surface area (Å²) in [6, 6.07) is 0. The van der Waals surface area contributed by atoms with Gasteiger partial charge in [0.2, 0.25) is 0 Å². The predicted molar refractivity (Wildman–Crippen MR) is 117 cm³/mol. The van der Waals surface area contributed by atoms with E-state index in [1.54, 1.807) is 0 Å². The Hall–Kier alpha value is -0.120. The molecular weight excluding hydrogens is 336 g/mol. The monoisotopic (exact) mass is 386 g/mol. The third-order valence-corrected chi connectivity index (χ3v) is 5.39. The predicted octanol–water partition coefficient (Wildman–Crippen LogP) is 6.91. The fourth-order valence-electron chi connectivity index (χ4n) is 3.63. The average Bonchev–Trinajstić information content (AvgIpc) is 2.68. The van der Waals surface area contributed by atoms with Gasteiger partial charge in [-0.1, -0.05) is 104 Å². The molecule has 0 aliphatic rings. The highest BCUT2D eigenvalue weighted by atomic mass is 16.5. The van der Waals surface area contributed by atoms with Crippen molar-refractivity contribution < 1.29 is 14.6 Å². The summed E-state index contributed by atoms with van der Waals surface area (Å²) < 4.78 is 11.1. The number of aliphatic hydroxyl groups is 1. The van der Waals surface area contributed by atoms with Gasteiger partial charge in [0.05, 0.1) is 26.4 Å². The van der Waals surface area contributed by atoms with Crippen LogP contribution in [-0.2, 0) is 9.47 Å². The first-order valence-electron chi connectivity index (χ1n) is 12.1. The van der Waals surface area contributed by atoms with Crippen LogP contribution in [0.1, 0.15) is 117 Å². The zero-order valence-electron chi connectivity index (χ0n) is 18.7. The van der Waals surface area contributed by atoms with Crippen molar-refractivity contribution in [2.75, 3.05) is 33.0 Å². The molecule has 1 atom stereocenters. The van der Waals surface area contributed by atoms with Crippen molar-refractivity contribution in [1.29, 1.82) is 0 Å². The molecule has 0 fully saturated rings. The van der Waals surface area contributed by atoms with E-state index in [1.807, 2.05) is 0 Å². The Bertz CT molecular complexity index is 242. The van der Waals surface area contributed by atoms with Crippen molar-refractivity contribution in [1.82, 2.24) is 0 Å². The third kappa shape index (κ3) is 22.0. The summed E-state index contributed by atoms with van der Waals surface area (Å²) in [6.45, 7) is 7.22. The summed E-state index contributed by atoms with van der Waals surface area (Å²) in [7, 11) is 0. The van der Waals surface area contributed by atoms with E-state index in [2.05, 4.69) is 13.8 Å². The standard InChI is InChI=1S/C24H50O3/c1-3-5-7-9-11-12-14-16-18-24(17-15-13-10-8-6-4-2)23-27-22-21-26-20-19-25/h24-25H,3-23H2,1-2H3/t24-/m1/s1. The molecule has 0 aromatic rings. The minimum atomic E-state index is 0.0963. The van der Waals surface area contributed by atoms with E-state index in [0.717, 1.165) is 6.61 Å². The first-order valence-corrected chi connectivity index (χ1v) is 12.1. The number of unbranched alkanes of at least 4 members (excludes halogenated alkanes) is 12. The Morgan fingerprint density at radius 3 is 1.48 bits per heavy atom. The summed E-state index contributed by atoms with van der Waals surface area (Å²) in [5.74, 6) is 0.717. The summed E-state index contributed by atoms with van der Waals surface area (Å²) in [4.78, 5) is 0. The molecule has 0 amide bonds. The van der Waals surface area contributed by atoms with Crippen molar-refractivity contribution >= 4 is 0 Å². The molecule has 3 nitrogen and oxygen atoms in total. The molecule has 0 unspecified atom stereocenters. The second-order valence-corrected chi connectivity index (χ2v) is 8.10. The average molecular weight is 387 g/mol. The lowest BCUT2D eigenvalue weighted by Gasteiger charge is -2.17. The largest absolute Gasteiger partial charge is 0.394 e. The van der Waals surface area contributed by atoms with Crippen LogP contribution >= 0.6 is 0 Å². The van der Waals surface area contributed by atoms with Crippen molar-refractivity contribution in [2.24, 2.45) is 5.92 Å². The first kappa shape index (κ1) is 26.9. The van der Waals surface area contributed by atoms with E-state index in [4.69, 9.17) is 14.6 Å². The molecule has 0 spiro atoms. The maximum atomic E-state index is 8.72. The second kappa shape index (κ2) is 23.9. The van der Waals surface area contributed by atoms with Gasteiger partial charge in [-0.15, -0.1) is 0 Å². The van der Waals surface area contributed by atoms with E-state index >= 15 is 0 Å². The van der Waals surface area contributed by atoms with Gasteiger partial charge >= 0.3 is 0 Å². The van der Waals surface area contributed by atoms with Crippen LogP contribution in [-0.4, -0.2) is 38.1 Å². The number of hydrogen-bond donors (Lipinski definition) is 1. The lowest BCUT2D eigenvalue weighted by Crippen LogP contribution is -2.14. The summed E-state index contributed by atoms with van der Waals surface area (Å²) in [5, 5.41) is 8.72. The maximum absolute atomic E-state index is 8.72. The van der Waals surface area contributed by atoms with Gasteiger partial charge in [-0.2, -0.15) is 0 Å². The lowest BCUT2D eigenvalue weighted by molar-refractivity contribution is 0.0195. The minimum absolute atomic E-state index is 0.0963. The number of rotatable bonds is 23. The van der Waals surface area contributed by atoms with Crippen molar-refractivity contribution in [2.45, 2.75) is 117 Å². The maximum Gasteiger partial charge on any atom is 0.0701 e. The molecular formula is C24H50O3. The Balaban J connectivity index is 3.77. The van der Waals surface area contributed by atoms with E-state index in [1.165, 1.54) is 103 Å². The van der Waals surface area contributed by atoms with Crippen LogP contribution in [0.2, 0.25) is 0 Å². The summed E-state index contributed by atoms with van der Waals surface area (Å²) in [6.07, 6.45) is 22.0. The van der Waals surface area contributed by atoms with Crippen molar-refractivity contribution in [3.8, 4) is 0 Å². The Kier molecular flexibility index (Phi) is 23.8. The molecule has 0 aromatic carbocycles. The van der Waals surface area contributed by atoms with Gasteiger partial charge in [-0.05, 0) is 18.8 Å². The van der Waals surface area contributed by atoms with Crippen LogP contribution in [0.5, 0.6) is 0 Å². The quantitative estimate of drug-likeness (QED) is 0.194. The van der Waals surface area contributed by atoms with Gasteiger partial charge in [0.15, 0.2) is 0 Å². The van der Waals surface area contributed by atoms with E-state index < -0.39 is 0 Å². The second-order valence-electron chi connectivity index (χ2n) is 8.10. The molecule has 0 bridgehead atoms. The molecule has 0 aliphatic heterocycles. The molecule has 0 rings (SSSR count). The Labute approximate surface area is 170 Å². The van der Waals surface area contributed by atoms with Crippen molar-refractivity contribution in [3.63, 3.8) is 0 Å².